The quantitative estimate of drug-likeness (QED) is 0.614. The molecule has 29 heavy (non-hydrogen) atoms. The number of benzene rings is 1. The molecule has 1 amide bonds. The molecule has 152 valence electrons. The van der Waals surface area contributed by atoms with Crippen molar-refractivity contribution in [3.8, 4) is 0 Å². The zero-order valence-corrected chi connectivity index (χ0v) is 17.1. The van der Waals surface area contributed by atoms with Crippen LogP contribution >= 0.6 is 11.3 Å². The van der Waals surface area contributed by atoms with E-state index in [0.29, 0.717) is 29.4 Å². The van der Waals surface area contributed by atoms with Gasteiger partial charge in [0, 0.05) is 24.6 Å². The van der Waals surface area contributed by atoms with Crippen LogP contribution in [0.5, 0.6) is 0 Å². The SMILES string of the molecule is COCCc1nc2scc(C(=O)O)c2c(=O)n1CC(=O)Nc1cc(C)ccc1C. The Bertz CT molecular complexity index is 1150. The fourth-order valence-electron chi connectivity index (χ4n) is 2.97. The highest BCUT2D eigenvalue weighted by Gasteiger charge is 2.21. The molecule has 3 aromatic rings. The molecule has 0 aliphatic rings. The lowest BCUT2D eigenvalue weighted by molar-refractivity contribution is -0.116. The average Bonchev–Trinajstić information content (AvgIpc) is 3.10. The molecule has 2 heterocycles. The molecule has 0 unspecified atom stereocenters. The molecule has 0 radical (unpaired) electrons. The van der Waals surface area contributed by atoms with Crippen LogP contribution in [0.2, 0.25) is 0 Å². The van der Waals surface area contributed by atoms with Gasteiger partial charge in [0.15, 0.2) is 0 Å². The van der Waals surface area contributed by atoms with Crippen LogP contribution in [0.1, 0.15) is 27.3 Å². The molecule has 0 bridgehead atoms. The van der Waals surface area contributed by atoms with Crippen LogP contribution in [0.25, 0.3) is 10.2 Å². The third kappa shape index (κ3) is 4.36. The molecule has 0 saturated heterocycles. The van der Waals surface area contributed by atoms with Crippen molar-refractivity contribution in [2.45, 2.75) is 26.8 Å². The predicted octanol–water partition coefficient (Wildman–Crippen LogP) is 2.60. The number of carbonyl (C=O) groups excluding carboxylic acids is 1. The Kier molecular flexibility index (Phi) is 6.09. The molecule has 1 aromatic carbocycles. The summed E-state index contributed by atoms with van der Waals surface area (Å²) >= 11 is 1.09. The number of anilines is 1. The van der Waals surface area contributed by atoms with E-state index in [-0.39, 0.29) is 17.5 Å². The first-order valence-electron chi connectivity index (χ1n) is 8.92. The summed E-state index contributed by atoms with van der Waals surface area (Å²) in [4.78, 5) is 42.0. The summed E-state index contributed by atoms with van der Waals surface area (Å²) < 4.78 is 6.30. The molecule has 0 aliphatic carbocycles. The smallest absolute Gasteiger partial charge is 0.337 e. The maximum atomic E-state index is 13.1. The molecule has 0 fully saturated rings. The monoisotopic (exact) mass is 415 g/mol. The summed E-state index contributed by atoms with van der Waals surface area (Å²) in [7, 11) is 1.53. The Balaban J connectivity index is 2.01. The summed E-state index contributed by atoms with van der Waals surface area (Å²) in [6, 6.07) is 5.70. The minimum absolute atomic E-state index is 0.0169. The van der Waals surface area contributed by atoms with Gasteiger partial charge in [0.2, 0.25) is 5.91 Å². The number of rotatable bonds is 7. The number of carboxylic acids is 1. The first-order valence-corrected chi connectivity index (χ1v) is 9.80. The van der Waals surface area contributed by atoms with E-state index < -0.39 is 17.4 Å². The van der Waals surface area contributed by atoms with E-state index in [1.54, 1.807) is 0 Å². The lowest BCUT2D eigenvalue weighted by atomic mass is 10.1. The number of nitrogens with one attached hydrogen (secondary N) is 1. The minimum Gasteiger partial charge on any atom is -0.478 e. The number of thiophene rings is 1. The fourth-order valence-corrected chi connectivity index (χ4v) is 3.90. The molecule has 0 saturated carbocycles. The highest BCUT2D eigenvalue weighted by Crippen LogP contribution is 2.22. The number of hydrogen-bond donors (Lipinski definition) is 2. The molecular weight excluding hydrogens is 394 g/mol. The summed E-state index contributed by atoms with van der Waals surface area (Å²) in [5, 5.41) is 13.6. The number of aryl methyl sites for hydroxylation is 2. The van der Waals surface area contributed by atoms with E-state index >= 15 is 0 Å². The standard InChI is InChI=1S/C20H21N3O5S/c1-11-4-5-12(2)14(8-11)21-16(24)9-23-15(6-7-28-3)22-18-17(19(23)25)13(10-29-18)20(26)27/h4-5,8,10H,6-7,9H2,1-3H3,(H,21,24)(H,26,27). The number of ether oxygens (including phenoxy) is 1. The van der Waals surface area contributed by atoms with Gasteiger partial charge in [0.1, 0.15) is 17.2 Å². The number of carboxylic acid groups (broad SMARTS) is 1. The first kappa shape index (κ1) is 20.7. The van der Waals surface area contributed by atoms with Gasteiger partial charge < -0.3 is 15.2 Å². The van der Waals surface area contributed by atoms with Gasteiger partial charge in [-0.15, -0.1) is 11.3 Å². The predicted molar refractivity (Wildman–Crippen MR) is 111 cm³/mol. The van der Waals surface area contributed by atoms with Crippen molar-refractivity contribution < 1.29 is 19.4 Å². The third-order valence-corrected chi connectivity index (χ3v) is 5.37. The number of fused-ring (bicyclic) bond motifs is 1. The van der Waals surface area contributed by atoms with Gasteiger partial charge in [-0.3, -0.25) is 14.2 Å². The van der Waals surface area contributed by atoms with Crippen LogP contribution in [0, 0.1) is 13.8 Å². The van der Waals surface area contributed by atoms with E-state index in [1.165, 1.54) is 17.1 Å². The summed E-state index contributed by atoms with van der Waals surface area (Å²) in [6.07, 6.45) is 0.318. The first-order chi connectivity index (χ1) is 13.8. The van der Waals surface area contributed by atoms with Crippen molar-refractivity contribution in [2.24, 2.45) is 0 Å². The Morgan fingerprint density at radius 3 is 2.76 bits per heavy atom. The number of amides is 1. The van der Waals surface area contributed by atoms with Crippen molar-refractivity contribution in [2.75, 3.05) is 19.0 Å². The minimum atomic E-state index is -1.20. The van der Waals surface area contributed by atoms with Crippen LogP contribution in [0.15, 0.2) is 28.4 Å². The Hall–Kier alpha value is -3.04. The van der Waals surface area contributed by atoms with Crippen LogP contribution < -0.4 is 10.9 Å². The van der Waals surface area contributed by atoms with Crippen molar-refractivity contribution in [3.63, 3.8) is 0 Å². The zero-order chi connectivity index (χ0) is 21.1. The molecular formula is C20H21N3O5S. The van der Waals surface area contributed by atoms with E-state index in [2.05, 4.69) is 10.3 Å². The molecule has 0 aliphatic heterocycles. The maximum Gasteiger partial charge on any atom is 0.337 e. The van der Waals surface area contributed by atoms with E-state index in [9.17, 15) is 19.5 Å². The normalized spacial score (nSPS) is 11.0. The Labute approximate surface area is 170 Å². The van der Waals surface area contributed by atoms with Gasteiger partial charge in [0.05, 0.1) is 17.6 Å². The summed E-state index contributed by atoms with van der Waals surface area (Å²) in [6.45, 7) is 3.84. The largest absolute Gasteiger partial charge is 0.478 e. The summed E-state index contributed by atoms with van der Waals surface area (Å²) in [5.41, 5.74) is 1.91. The molecule has 2 aromatic heterocycles. The highest BCUT2D eigenvalue weighted by atomic mass is 32.1. The second-order valence-corrected chi connectivity index (χ2v) is 7.52. The van der Waals surface area contributed by atoms with Crippen LogP contribution in [0.3, 0.4) is 0 Å². The number of aromatic carboxylic acids is 1. The van der Waals surface area contributed by atoms with Gasteiger partial charge >= 0.3 is 5.97 Å². The number of methoxy groups -OCH3 is 1. The second kappa shape index (κ2) is 8.54. The van der Waals surface area contributed by atoms with E-state index in [0.717, 1.165) is 22.5 Å². The van der Waals surface area contributed by atoms with E-state index in [1.807, 2.05) is 32.0 Å². The lowest BCUT2D eigenvalue weighted by Gasteiger charge is -2.14. The van der Waals surface area contributed by atoms with Crippen molar-refractivity contribution >= 4 is 39.1 Å². The fraction of sp³-hybridized carbons (Fsp3) is 0.300. The van der Waals surface area contributed by atoms with Crippen LogP contribution in [-0.2, 0) is 22.5 Å². The van der Waals surface area contributed by atoms with Crippen molar-refractivity contribution in [1.82, 2.24) is 9.55 Å². The van der Waals surface area contributed by atoms with Gasteiger partial charge in [-0.1, -0.05) is 12.1 Å². The molecule has 2 N–H and O–H groups in total. The number of carbonyl (C=O) groups is 2. The topological polar surface area (TPSA) is 111 Å². The van der Waals surface area contributed by atoms with E-state index in [4.69, 9.17) is 4.74 Å². The number of aromatic nitrogens is 2. The lowest BCUT2D eigenvalue weighted by Crippen LogP contribution is -2.32. The molecule has 0 atom stereocenters. The average molecular weight is 415 g/mol. The summed E-state index contributed by atoms with van der Waals surface area (Å²) in [5.74, 6) is -1.22. The molecule has 3 rings (SSSR count). The van der Waals surface area contributed by atoms with Gasteiger partial charge in [0.25, 0.3) is 5.56 Å². The Morgan fingerprint density at radius 2 is 2.07 bits per heavy atom. The van der Waals surface area contributed by atoms with Gasteiger partial charge in [-0.05, 0) is 31.0 Å². The Morgan fingerprint density at radius 1 is 1.31 bits per heavy atom. The highest BCUT2D eigenvalue weighted by molar-refractivity contribution is 7.17. The number of hydrogen-bond acceptors (Lipinski definition) is 6. The maximum absolute atomic E-state index is 13.1. The third-order valence-electron chi connectivity index (χ3n) is 4.50. The van der Waals surface area contributed by atoms with Crippen molar-refractivity contribution in [1.29, 1.82) is 0 Å². The zero-order valence-electron chi connectivity index (χ0n) is 16.3. The second-order valence-electron chi connectivity index (χ2n) is 6.66. The van der Waals surface area contributed by atoms with Crippen molar-refractivity contribution in [3.05, 3.63) is 56.4 Å². The van der Waals surface area contributed by atoms with Crippen LogP contribution in [0.4, 0.5) is 5.69 Å². The van der Waals surface area contributed by atoms with Gasteiger partial charge in [-0.2, -0.15) is 0 Å². The van der Waals surface area contributed by atoms with Crippen LogP contribution in [-0.4, -0.2) is 40.3 Å². The molecule has 0 spiro atoms. The van der Waals surface area contributed by atoms with Gasteiger partial charge in [-0.25, -0.2) is 9.78 Å². The number of nitrogens with zero attached hydrogens (tertiary/aromatic N) is 2. The molecule has 8 nitrogen and oxygen atoms in total. The molecule has 9 heteroatoms.